The zero-order valence-electron chi connectivity index (χ0n) is 12.4. The molecule has 0 fully saturated rings. The second kappa shape index (κ2) is 8.23. The molecular formula is C15H16BrN3O4. The summed E-state index contributed by atoms with van der Waals surface area (Å²) < 4.78 is 6.65. The van der Waals surface area contributed by atoms with Crippen LogP contribution in [0, 0.1) is 15.5 Å². The van der Waals surface area contributed by atoms with Gasteiger partial charge in [0.1, 0.15) is 5.49 Å². The van der Waals surface area contributed by atoms with Gasteiger partial charge in [-0.05, 0) is 31.2 Å². The lowest BCUT2D eigenvalue weighted by molar-refractivity contribution is -0.385. The van der Waals surface area contributed by atoms with Crippen LogP contribution in [-0.2, 0) is 6.54 Å². The molecule has 0 spiro atoms. The molecule has 0 saturated carbocycles. The number of halogens is 1. The summed E-state index contributed by atoms with van der Waals surface area (Å²) in [5.74, 6) is -0.173. The van der Waals surface area contributed by atoms with E-state index < -0.39 is 4.92 Å². The van der Waals surface area contributed by atoms with Gasteiger partial charge in [-0.3, -0.25) is 20.3 Å². The molecule has 0 aliphatic heterocycles. The number of nitro benzene ring substituents is 1. The van der Waals surface area contributed by atoms with E-state index in [2.05, 4.69) is 0 Å². The Bertz CT molecular complexity index is 773. The molecule has 0 unspecified atom stereocenters. The SMILES string of the molecule is Br.CCOc1ccc(C(=O)Cn2ccccc2=N)cc1[N+](=O)[O-]. The third kappa shape index (κ3) is 4.49. The number of nitrogens with one attached hydrogen (secondary N) is 1. The van der Waals surface area contributed by atoms with Gasteiger partial charge in [0.05, 0.1) is 18.1 Å². The highest BCUT2D eigenvalue weighted by atomic mass is 79.9. The zero-order chi connectivity index (χ0) is 16.1. The van der Waals surface area contributed by atoms with E-state index in [4.69, 9.17) is 10.1 Å². The van der Waals surface area contributed by atoms with Crippen LogP contribution >= 0.6 is 17.0 Å². The van der Waals surface area contributed by atoms with Gasteiger partial charge < -0.3 is 9.30 Å². The topological polar surface area (TPSA) is 98.2 Å². The molecule has 0 aliphatic rings. The molecule has 0 amide bonds. The summed E-state index contributed by atoms with van der Waals surface area (Å²) in [6, 6.07) is 9.10. The highest BCUT2D eigenvalue weighted by Crippen LogP contribution is 2.28. The number of ether oxygens (including phenoxy) is 1. The molecule has 1 N–H and O–H groups in total. The van der Waals surface area contributed by atoms with Crippen molar-refractivity contribution in [2.45, 2.75) is 13.5 Å². The molecule has 0 aliphatic carbocycles. The monoisotopic (exact) mass is 381 g/mol. The molecule has 0 saturated heterocycles. The van der Waals surface area contributed by atoms with Crippen molar-refractivity contribution in [1.29, 1.82) is 5.41 Å². The number of carbonyl (C=O) groups excluding carboxylic acids is 1. The highest BCUT2D eigenvalue weighted by molar-refractivity contribution is 8.93. The molecule has 0 atom stereocenters. The number of carbonyl (C=O) groups is 1. The zero-order valence-corrected chi connectivity index (χ0v) is 14.1. The van der Waals surface area contributed by atoms with Crippen LogP contribution in [0.4, 0.5) is 5.69 Å². The molecule has 23 heavy (non-hydrogen) atoms. The smallest absolute Gasteiger partial charge is 0.311 e. The van der Waals surface area contributed by atoms with Crippen LogP contribution in [-0.4, -0.2) is 21.9 Å². The number of nitro groups is 1. The predicted octanol–water partition coefficient (Wildman–Crippen LogP) is 2.74. The normalized spacial score (nSPS) is 9.78. The van der Waals surface area contributed by atoms with Crippen LogP contribution in [0.2, 0.25) is 0 Å². The van der Waals surface area contributed by atoms with Crippen molar-refractivity contribution in [3.63, 3.8) is 0 Å². The van der Waals surface area contributed by atoms with Gasteiger partial charge >= 0.3 is 5.69 Å². The Morgan fingerprint density at radius 3 is 2.70 bits per heavy atom. The molecule has 0 radical (unpaired) electrons. The summed E-state index contributed by atoms with van der Waals surface area (Å²) in [6.07, 6.45) is 1.61. The van der Waals surface area contributed by atoms with Crippen molar-refractivity contribution in [2.24, 2.45) is 0 Å². The quantitative estimate of drug-likeness (QED) is 0.472. The molecule has 8 heteroatoms. The lowest BCUT2D eigenvalue weighted by Gasteiger charge is -2.08. The summed E-state index contributed by atoms with van der Waals surface area (Å²) in [6.45, 7) is 1.98. The number of aromatic nitrogens is 1. The Hall–Kier alpha value is -2.48. The van der Waals surface area contributed by atoms with Crippen LogP contribution in [0.25, 0.3) is 0 Å². The van der Waals surface area contributed by atoms with E-state index in [0.717, 1.165) is 0 Å². The average Bonchev–Trinajstić information content (AvgIpc) is 2.50. The molecule has 2 rings (SSSR count). The van der Waals surface area contributed by atoms with Crippen molar-refractivity contribution in [3.8, 4) is 5.75 Å². The molecule has 1 heterocycles. The minimum absolute atomic E-state index is 0. The van der Waals surface area contributed by atoms with E-state index in [-0.39, 0.29) is 51.8 Å². The summed E-state index contributed by atoms with van der Waals surface area (Å²) in [4.78, 5) is 22.7. The number of pyridine rings is 1. The van der Waals surface area contributed by atoms with Crippen molar-refractivity contribution in [2.75, 3.05) is 6.61 Å². The van der Waals surface area contributed by atoms with E-state index in [9.17, 15) is 14.9 Å². The van der Waals surface area contributed by atoms with Crippen LogP contribution in [0.3, 0.4) is 0 Å². The fraction of sp³-hybridized carbons (Fsp3) is 0.200. The van der Waals surface area contributed by atoms with Crippen LogP contribution in [0.1, 0.15) is 17.3 Å². The molecule has 2 aromatic rings. The second-order valence-electron chi connectivity index (χ2n) is 4.51. The third-order valence-electron chi connectivity index (χ3n) is 3.03. The van der Waals surface area contributed by atoms with Crippen molar-refractivity contribution >= 4 is 28.5 Å². The Balaban J connectivity index is 0.00000264. The molecule has 1 aromatic carbocycles. The predicted molar refractivity (Wildman–Crippen MR) is 89.2 cm³/mol. The van der Waals surface area contributed by atoms with E-state index in [0.29, 0.717) is 6.61 Å². The van der Waals surface area contributed by atoms with Gasteiger partial charge in [0, 0.05) is 17.8 Å². The standard InChI is InChI=1S/C15H15N3O4.BrH/c1-2-22-14-7-6-11(9-12(14)18(20)21)13(19)10-17-8-4-3-5-15(17)16;/h3-9,16H,2,10H2,1H3;1H. The van der Waals surface area contributed by atoms with Crippen LogP contribution in [0.5, 0.6) is 5.75 Å². The van der Waals surface area contributed by atoms with Gasteiger partial charge in [-0.2, -0.15) is 0 Å². The lowest BCUT2D eigenvalue weighted by atomic mass is 10.1. The Morgan fingerprint density at radius 1 is 1.35 bits per heavy atom. The van der Waals surface area contributed by atoms with Gasteiger partial charge in [-0.25, -0.2) is 0 Å². The van der Waals surface area contributed by atoms with Crippen molar-refractivity contribution in [1.82, 2.24) is 4.57 Å². The van der Waals surface area contributed by atoms with E-state index in [1.807, 2.05) is 0 Å². The highest BCUT2D eigenvalue weighted by Gasteiger charge is 2.18. The van der Waals surface area contributed by atoms with Gasteiger partial charge in [-0.1, -0.05) is 6.07 Å². The molecule has 0 bridgehead atoms. The number of rotatable bonds is 6. The first-order chi connectivity index (χ1) is 10.5. The van der Waals surface area contributed by atoms with Gasteiger partial charge in [-0.15, -0.1) is 17.0 Å². The minimum atomic E-state index is -0.576. The second-order valence-corrected chi connectivity index (χ2v) is 4.51. The van der Waals surface area contributed by atoms with Crippen LogP contribution in [0.15, 0.2) is 42.6 Å². The van der Waals surface area contributed by atoms with Gasteiger partial charge in [0.2, 0.25) is 0 Å². The maximum atomic E-state index is 12.2. The lowest BCUT2D eigenvalue weighted by Crippen LogP contribution is -2.22. The van der Waals surface area contributed by atoms with E-state index in [1.54, 1.807) is 31.3 Å². The first kappa shape index (κ1) is 18.6. The average molecular weight is 382 g/mol. The summed E-state index contributed by atoms with van der Waals surface area (Å²) >= 11 is 0. The number of hydrogen-bond acceptors (Lipinski definition) is 5. The third-order valence-corrected chi connectivity index (χ3v) is 3.03. The molecule has 1 aromatic heterocycles. The van der Waals surface area contributed by atoms with Crippen molar-refractivity contribution < 1.29 is 14.5 Å². The van der Waals surface area contributed by atoms with E-state index in [1.165, 1.54) is 22.8 Å². The number of benzene rings is 1. The van der Waals surface area contributed by atoms with Gasteiger partial charge in [0.25, 0.3) is 0 Å². The molecule has 122 valence electrons. The fourth-order valence-corrected chi connectivity index (χ4v) is 1.97. The molecular weight excluding hydrogens is 366 g/mol. The Kier molecular flexibility index (Phi) is 6.65. The molecule has 7 nitrogen and oxygen atoms in total. The van der Waals surface area contributed by atoms with Crippen LogP contribution < -0.4 is 10.2 Å². The first-order valence-corrected chi connectivity index (χ1v) is 6.67. The number of Topliss-reactive ketones (excluding diaryl/α,β-unsaturated/α-hetero) is 1. The largest absolute Gasteiger partial charge is 0.487 e. The summed E-state index contributed by atoms with van der Waals surface area (Å²) in [7, 11) is 0. The first-order valence-electron chi connectivity index (χ1n) is 6.67. The number of nitrogens with zero attached hydrogens (tertiary/aromatic N) is 2. The van der Waals surface area contributed by atoms with Crippen molar-refractivity contribution in [3.05, 3.63) is 63.8 Å². The number of ketones is 1. The maximum Gasteiger partial charge on any atom is 0.311 e. The summed E-state index contributed by atoms with van der Waals surface area (Å²) in [5, 5.41) is 18.8. The minimum Gasteiger partial charge on any atom is -0.487 e. The van der Waals surface area contributed by atoms with E-state index >= 15 is 0 Å². The summed E-state index contributed by atoms with van der Waals surface area (Å²) in [5.41, 5.74) is 0.166. The number of hydrogen-bond donors (Lipinski definition) is 1. The Morgan fingerprint density at radius 2 is 2.09 bits per heavy atom. The van der Waals surface area contributed by atoms with Gasteiger partial charge in [0.15, 0.2) is 11.5 Å². The Labute approximate surface area is 143 Å². The maximum absolute atomic E-state index is 12.2. The fourth-order valence-electron chi connectivity index (χ4n) is 1.97.